The lowest BCUT2D eigenvalue weighted by atomic mass is 10.1. The van der Waals surface area contributed by atoms with Crippen molar-refractivity contribution in [3.05, 3.63) is 45.8 Å². The molecule has 0 aliphatic carbocycles. The summed E-state index contributed by atoms with van der Waals surface area (Å²) in [5.74, 6) is 2.16. The first-order valence-electron chi connectivity index (χ1n) is 9.84. The molecule has 7 heteroatoms. The van der Waals surface area contributed by atoms with Crippen LogP contribution in [0.1, 0.15) is 54.7 Å². The van der Waals surface area contributed by atoms with E-state index in [4.69, 9.17) is 25.6 Å². The maximum Gasteiger partial charge on any atom is 0.216 e. The molecule has 0 unspecified atom stereocenters. The lowest BCUT2D eigenvalue weighted by Crippen LogP contribution is -2.02. The fourth-order valence-electron chi connectivity index (χ4n) is 3.20. The van der Waals surface area contributed by atoms with Crippen LogP contribution in [0.4, 0.5) is 0 Å². The Morgan fingerprint density at radius 1 is 1.18 bits per heavy atom. The third-order valence-electron chi connectivity index (χ3n) is 4.79. The third kappa shape index (κ3) is 5.49. The van der Waals surface area contributed by atoms with E-state index >= 15 is 0 Å². The van der Waals surface area contributed by atoms with Crippen molar-refractivity contribution >= 4 is 17.5 Å². The zero-order valence-electron chi connectivity index (χ0n) is 16.2. The number of aryl methyl sites for hydroxylation is 2. The van der Waals surface area contributed by atoms with E-state index in [0.717, 1.165) is 61.1 Å². The second kappa shape index (κ2) is 10.5. The van der Waals surface area contributed by atoms with Crippen LogP contribution in [-0.2, 0) is 17.8 Å². The molecule has 1 aliphatic rings. The number of rotatable bonds is 11. The van der Waals surface area contributed by atoms with E-state index in [9.17, 15) is 5.11 Å². The lowest BCUT2D eigenvalue weighted by Gasteiger charge is -2.09. The van der Waals surface area contributed by atoms with Crippen LogP contribution in [0.5, 0.6) is 5.75 Å². The Hall–Kier alpha value is -2.05. The fraction of sp³-hybridized carbons (Fsp3) is 0.524. The highest BCUT2D eigenvalue weighted by molar-refractivity contribution is 6.32. The van der Waals surface area contributed by atoms with Crippen molar-refractivity contribution in [3.8, 4) is 5.75 Å². The van der Waals surface area contributed by atoms with Gasteiger partial charge in [0.1, 0.15) is 18.1 Å². The Morgan fingerprint density at radius 3 is 2.75 bits per heavy atom. The van der Waals surface area contributed by atoms with Crippen LogP contribution < -0.4 is 4.74 Å². The van der Waals surface area contributed by atoms with Crippen LogP contribution in [0.2, 0.25) is 5.02 Å². The summed E-state index contributed by atoms with van der Waals surface area (Å²) in [7, 11) is 0. The van der Waals surface area contributed by atoms with Gasteiger partial charge in [0.05, 0.1) is 30.5 Å². The van der Waals surface area contributed by atoms with Gasteiger partial charge in [-0.25, -0.2) is 4.99 Å². The van der Waals surface area contributed by atoms with Crippen LogP contribution in [0, 0.1) is 6.92 Å². The van der Waals surface area contributed by atoms with Crippen LogP contribution >= 0.6 is 11.6 Å². The predicted octanol–water partition coefficient (Wildman–Crippen LogP) is 4.48. The predicted molar refractivity (Wildman–Crippen MR) is 108 cm³/mol. The molecule has 2 heterocycles. The number of hydrogen-bond donors (Lipinski definition) is 1. The van der Waals surface area contributed by atoms with Gasteiger partial charge < -0.3 is 19.1 Å². The summed E-state index contributed by atoms with van der Waals surface area (Å²) < 4.78 is 16.5. The van der Waals surface area contributed by atoms with Crippen molar-refractivity contribution < 1.29 is 19.1 Å². The number of aliphatic hydroxyl groups is 1. The van der Waals surface area contributed by atoms with Gasteiger partial charge >= 0.3 is 0 Å². The van der Waals surface area contributed by atoms with Gasteiger partial charge in [0.15, 0.2) is 0 Å². The van der Waals surface area contributed by atoms with Gasteiger partial charge in [-0.1, -0.05) is 36.0 Å². The highest BCUT2D eigenvalue weighted by Gasteiger charge is 2.13. The summed E-state index contributed by atoms with van der Waals surface area (Å²) in [6, 6.07) is 5.64. The maximum absolute atomic E-state index is 9.34. The molecule has 28 heavy (non-hydrogen) atoms. The molecular weight excluding hydrogens is 380 g/mol. The summed E-state index contributed by atoms with van der Waals surface area (Å²) in [6.45, 7) is 3.83. The minimum atomic E-state index is -0.00726. The molecule has 1 N–H and O–H groups in total. The number of ether oxygens (including phenoxy) is 2. The first kappa shape index (κ1) is 20.7. The van der Waals surface area contributed by atoms with E-state index in [2.05, 4.69) is 10.1 Å². The summed E-state index contributed by atoms with van der Waals surface area (Å²) in [5, 5.41) is 13.8. The standard InChI is InChI=1S/C21H27ClN2O4/c1-15-17(14-25)19(28-24-15)7-5-3-2-4-6-11-26-20-9-8-16(13-18(20)22)21-23-10-12-27-21/h8-9,13,25H,2-7,10-12,14H2,1H3. The summed E-state index contributed by atoms with van der Waals surface area (Å²) in [5.41, 5.74) is 2.51. The van der Waals surface area contributed by atoms with Gasteiger partial charge in [-0.05, 0) is 38.0 Å². The minimum Gasteiger partial charge on any atom is -0.492 e. The topological polar surface area (TPSA) is 77.1 Å². The first-order chi connectivity index (χ1) is 13.7. The van der Waals surface area contributed by atoms with E-state index in [1.807, 2.05) is 25.1 Å². The van der Waals surface area contributed by atoms with Crippen molar-refractivity contribution in [2.24, 2.45) is 4.99 Å². The highest BCUT2D eigenvalue weighted by Crippen LogP contribution is 2.27. The molecular formula is C21H27ClN2O4. The number of aliphatic hydroxyl groups excluding tert-OH is 1. The van der Waals surface area contributed by atoms with E-state index in [1.54, 1.807) is 0 Å². The van der Waals surface area contributed by atoms with Crippen molar-refractivity contribution in [1.82, 2.24) is 5.16 Å². The highest BCUT2D eigenvalue weighted by atomic mass is 35.5. The smallest absolute Gasteiger partial charge is 0.216 e. The summed E-state index contributed by atoms with van der Waals surface area (Å²) in [4.78, 5) is 4.29. The SMILES string of the molecule is Cc1noc(CCCCCCCOc2ccc(C3=NCCO3)cc2Cl)c1CO. The number of nitrogens with zero attached hydrogens (tertiary/aromatic N) is 2. The molecule has 1 aliphatic heterocycles. The number of halogens is 1. The minimum absolute atomic E-state index is 0.00726. The molecule has 0 amide bonds. The Morgan fingerprint density at radius 2 is 2.00 bits per heavy atom. The van der Waals surface area contributed by atoms with E-state index < -0.39 is 0 Å². The molecule has 0 radical (unpaired) electrons. The van der Waals surface area contributed by atoms with Crippen LogP contribution in [0.3, 0.4) is 0 Å². The second-order valence-electron chi connectivity index (χ2n) is 6.87. The van der Waals surface area contributed by atoms with Crippen molar-refractivity contribution in [2.75, 3.05) is 19.8 Å². The van der Waals surface area contributed by atoms with Crippen LogP contribution in [-0.4, -0.2) is 35.9 Å². The molecule has 0 bridgehead atoms. The van der Waals surface area contributed by atoms with Crippen molar-refractivity contribution in [2.45, 2.75) is 52.1 Å². The van der Waals surface area contributed by atoms with Gasteiger partial charge in [-0.3, -0.25) is 0 Å². The van der Waals surface area contributed by atoms with Gasteiger partial charge in [-0.2, -0.15) is 0 Å². The van der Waals surface area contributed by atoms with Crippen molar-refractivity contribution in [1.29, 1.82) is 0 Å². The van der Waals surface area contributed by atoms with Gasteiger partial charge in [0, 0.05) is 17.5 Å². The molecule has 0 saturated heterocycles. The van der Waals surface area contributed by atoms with Gasteiger partial charge in [-0.15, -0.1) is 0 Å². The van der Waals surface area contributed by atoms with E-state index in [-0.39, 0.29) is 6.61 Å². The number of aliphatic imine (C=N–C) groups is 1. The zero-order valence-corrected chi connectivity index (χ0v) is 17.0. The Balaban J connectivity index is 1.30. The molecule has 0 fully saturated rings. The average molecular weight is 407 g/mol. The second-order valence-corrected chi connectivity index (χ2v) is 7.28. The van der Waals surface area contributed by atoms with Crippen LogP contribution in [0.25, 0.3) is 0 Å². The normalized spacial score (nSPS) is 13.5. The quantitative estimate of drug-likeness (QED) is 0.557. The Kier molecular flexibility index (Phi) is 7.74. The summed E-state index contributed by atoms with van der Waals surface area (Å²) in [6.07, 6.45) is 6.18. The molecule has 0 saturated carbocycles. The van der Waals surface area contributed by atoms with Gasteiger partial charge in [0.2, 0.25) is 5.90 Å². The molecule has 0 spiro atoms. The van der Waals surface area contributed by atoms with E-state index in [1.165, 1.54) is 0 Å². The number of aromatic nitrogens is 1. The largest absolute Gasteiger partial charge is 0.492 e. The molecule has 1 aromatic carbocycles. The molecule has 0 atom stereocenters. The van der Waals surface area contributed by atoms with Gasteiger partial charge in [0.25, 0.3) is 0 Å². The number of benzene rings is 1. The number of hydrogen-bond acceptors (Lipinski definition) is 6. The van der Waals surface area contributed by atoms with Crippen molar-refractivity contribution in [3.63, 3.8) is 0 Å². The zero-order chi connectivity index (χ0) is 19.8. The molecule has 2 aromatic rings. The number of unbranched alkanes of at least 4 members (excludes halogenated alkanes) is 4. The molecule has 6 nitrogen and oxygen atoms in total. The summed E-state index contributed by atoms with van der Waals surface area (Å²) >= 11 is 6.31. The average Bonchev–Trinajstić information content (AvgIpc) is 3.35. The molecule has 152 valence electrons. The molecule has 3 rings (SSSR count). The Labute approximate surface area is 170 Å². The third-order valence-corrected chi connectivity index (χ3v) is 5.09. The maximum atomic E-state index is 9.34. The lowest BCUT2D eigenvalue weighted by molar-refractivity contribution is 0.276. The fourth-order valence-corrected chi connectivity index (χ4v) is 3.43. The monoisotopic (exact) mass is 406 g/mol. The molecule has 1 aromatic heterocycles. The Bertz CT molecular complexity index is 804. The first-order valence-corrected chi connectivity index (χ1v) is 10.2. The van der Waals surface area contributed by atoms with E-state index in [0.29, 0.717) is 36.4 Å². The van der Waals surface area contributed by atoms with Crippen LogP contribution in [0.15, 0.2) is 27.7 Å².